The van der Waals surface area contributed by atoms with Gasteiger partial charge >= 0.3 is 12.1 Å². The third-order valence-corrected chi connectivity index (χ3v) is 3.61. The molecule has 0 heterocycles. The third-order valence-electron chi connectivity index (χ3n) is 2.16. The summed E-state index contributed by atoms with van der Waals surface area (Å²) in [7, 11) is 0. The molecule has 1 rings (SSSR count). The largest absolute Gasteiger partial charge is 0.506 e. The average Bonchev–Trinajstić information content (AvgIpc) is 2.20. The minimum absolute atomic E-state index is 0. The first-order chi connectivity index (χ1) is 7.98. The van der Waals surface area contributed by atoms with Gasteiger partial charge in [-0.25, -0.2) is 0 Å². The lowest BCUT2D eigenvalue weighted by Crippen LogP contribution is -2.45. The smallest absolute Gasteiger partial charge is 0.455 e. The van der Waals surface area contributed by atoms with Gasteiger partial charge in [0.1, 0.15) is 11.8 Å². The van der Waals surface area contributed by atoms with E-state index >= 15 is 0 Å². The van der Waals surface area contributed by atoms with Crippen LogP contribution in [0.4, 0.5) is 22.0 Å². The Morgan fingerprint density at radius 3 is 2.00 bits per heavy atom. The zero-order valence-corrected chi connectivity index (χ0v) is 13.9. The van der Waals surface area contributed by atoms with Gasteiger partial charge in [-0.05, 0) is 57.3 Å². The van der Waals surface area contributed by atoms with Crippen LogP contribution in [0.25, 0.3) is 0 Å². The van der Waals surface area contributed by atoms with Crippen LogP contribution in [0.15, 0.2) is 12.1 Å². The highest BCUT2D eigenvalue weighted by Crippen LogP contribution is 2.45. The molecule has 1 atom stereocenters. The zero-order chi connectivity index (χ0) is 14.3. The molecule has 0 aliphatic carbocycles. The molecule has 19 heavy (non-hydrogen) atoms. The summed E-state index contributed by atoms with van der Waals surface area (Å²) in [6, 6.07) is -0.221. The Morgan fingerprint density at radius 1 is 1.11 bits per heavy atom. The first-order valence-corrected chi connectivity index (χ1v) is 6.52. The van der Waals surface area contributed by atoms with Gasteiger partial charge in [0, 0.05) is 9.13 Å². The summed E-state index contributed by atoms with van der Waals surface area (Å²) in [6.07, 6.45) is -5.77. The fourth-order valence-corrected chi connectivity index (χ4v) is 3.08. The van der Waals surface area contributed by atoms with Crippen molar-refractivity contribution in [3.05, 3.63) is 24.8 Å². The lowest BCUT2D eigenvalue weighted by molar-refractivity contribution is -0.291. The van der Waals surface area contributed by atoms with Crippen LogP contribution < -0.4 is 5.73 Å². The van der Waals surface area contributed by atoms with E-state index in [1.807, 2.05) is 0 Å². The monoisotopic (exact) mass is 529 g/mol. The van der Waals surface area contributed by atoms with Gasteiger partial charge in [0.05, 0.1) is 3.57 Å². The maximum absolute atomic E-state index is 13.1. The predicted octanol–water partition coefficient (Wildman–Crippen LogP) is 4.22. The van der Waals surface area contributed by atoms with Crippen LogP contribution in [0.3, 0.4) is 0 Å². The van der Waals surface area contributed by atoms with E-state index in [0.29, 0.717) is 3.57 Å². The Balaban J connectivity index is 0.00000324. The number of benzene rings is 1. The van der Waals surface area contributed by atoms with Gasteiger partial charge in [-0.1, -0.05) is 0 Å². The highest BCUT2D eigenvalue weighted by atomic mass is 127. The number of phenolic OH excluding ortho intramolecular Hbond substituents is 1. The Kier molecular flexibility index (Phi) is 6.56. The average molecular weight is 529 g/mol. The van der Waals surface area contributed by atoms with Crippen molar-refractivity contribution in [3.8, 4) is 5.75 Å². The normalized spacial score (nSPS) is 13.9. The van der Waals surface area contributed by atoms with Gasteiger partial charge in [0.15, 0.2) is 0 Å². The van der Waals surface area contributed by atoms with Crippen molar-refractivity contribution >= 4 is 57.6 Å². The molecule has 2 nitrogen and oxygen atoms in total. The Morgan fingerprint density at radius 2 is 1.58 bits per heavy atom. The topological polar surface area (TPSA) is 46.2 Å². The fraction of sp³-hybridized carbons (Fsp3) is 0.333. The molecule has 0 fully saturated rings. The second-order valence-corrected chi connectivity index (χ2v) is 5.83. The van der Waals surface area contributed by atoms with Gasteiger partial charge in [0.25, 0.3) is 0 Å². The van der Waals surface area contributed by atoms with Crippen molar-refractivity contribution < 1.29 is 27.1 Å². The number of halogens is 8. The van der Waals surface area contributed by atoms with Crippen LogP contribution >= 0.6 is 57.6 Å². The molecule has 0 aromatic heterocycles. The highest BCUT2D eigenvalue weighted by molar-refractivity contribution is 14.1. The Hall–Kier alpha value is 0.380. The third kappa shape index (κ3) is 3.94. The summed E-state index contributed by atoms with van der Waals surface area (Å²) in [4.78, 5) is 0. The fourth-order valence-electron chi connectivity index (χ4n) is 1.19. The summed E-state index contributed by atoms with van der Waals surface area (Å²) in [5, 5.41) is 9.53. The van der Waals surface area contributed by atoms with E-state index in [1.54, 1.807) is 45.2 Å². The van der Waals surface area contributed by atoms with Crippen LogP contribution in [0, 0.1) is 7.14 Å². The second-order valence-electron chi connectivity index (χ2n) is 3.42. The maximum Gasteiger partial charge on any atom is 0.455 e. The number of aromatic hydroxyl groups is 1. The second kappa shape index (κ2) is 6.43. The molecule has 0 aliphatic rings. The Labute approximate surface area is 138 Å². The molecule has 10 heteroatoms. The van der Waals surface area contributed by atoms with Gasteiger partial charge < -0.3 is 10.8 Å². The standard InChI is InChI=1S/C9H6F5I2NO.ClH/c10-8(11,9(12,13)14)7(17)4-1-3(15)2-5(16)6(4)18;/h1-2,7,18H,17H2;1H/t7-;/m0./s1. The van der Waals surface area contributed by atoms with E-state index < -0.39 is 29.5 Å². The summed E-state index contributed by atoms with van der Waals surface area (Å²) < 4.78 is 63.3. The number of hydrogen-bond acceptors (Lipinski definition) is 2. The first-order valence-electron chi connectivity index (χ1n) is 4.36. The van der Waals surface area contributed by atoms with Crippen LogP contribution in [0.5, 0.6) is 5.75 Å². The number of phenols is 1. The molecular formula is C9H7ClF5I2NO. The molecule has 110 valence electrons. The molecule has 1 aromatic carbocycles. The van der Waals surface area contributed by atoms with Gasteiger partial charge in [-0.15, -0.1) is 12.4 Å². The molecule has 0 saturated heterocycles. The number of hydrogen-bond donors (Lipinski definition) is 2. The summed E-state index contributed by atoms with van der Waals surface area (Å²) in [5.41, 5.74) is 4.33. The van der Waals surface area contributed by atoms with Gasteiger partial charge in [-0.3, -0.25) is 0 Å². The molecule has 3 N–H and O–H groups in total. The predicted molar refractivity (Wildman–Crippen MR) is 78.7 cm³/mol. The van der Waals surface area contributed by atoms with Crippen LogP contribution in [0.2, 0.25) is 0 Å². The van der Waals surface area contributed by atoms with E-state index in [2.05, 4.69) is 0 Å². The molecule has 0 bridgehead atoms. The molecule has 0 amide bonds. The molecule has 0 aliphatic heterocycles. The number of alkyl halides is 5. The van der Waals surface area contributed by atoms with Gasteiger partial charge in [-0.2, -0.15) is 22.0 Å². The molecule has 0 saturated carbocycles. The number of rotatable bonds is 2. The van der Waals surface area contributed by atoms with Crippen LogP contribution in [-0.2, 0) is 0 Å². The number of nitrogens with two attached hydrogens (primary N) is 1. The zero-order valence-electron chi connectivity index (χ0n) is 8.81. The molecular weight excluding hydrogens is 522 g/mol. The van der Waals surface area contributed by atoms with Crippen molar-refractivity contribution in [2.75, 3.05) is 0 Å². The van der Waals surface area contributed by atoms with Crippen LogP contribution in [0.1, 0.15) is 11.6 Å². The van der Waals surface area contributed by atoms with Crippen molar-refractivity contribution in [1.29, 1.82) is 0 Å². The van der Waals surface area contributed by atoms with Crippen LogP contribution in [-0.4, -0.2) is 17.2 Å². The lowest BCUT2D eigenvalue weighted by Gasteiger charge is -2.26. The van der Waals surface area contributed by atoms with Gasteiger partial charge in [0.2, 0.25) is 0 Å². The minimum atomic E-state index is -5.77. The highest BCUT2D eigenvalue weighted by Gasteiger charge is 2.62. The molecule has 1 aromatic rings. The van der Waals surface area contributed by atoms with E-state index in [1.165, 1.54) is 6.07 Å². The van der Waals surface area contributed by atoms with E-state index in [4.69, 9.17) is 5.73 Å². The van der Waals surface area contributed by atoms with E-state index in [0.717, 1.165) is 6.07 Å². The summed E-state index contributed by atoms with van der Waals surface area (Å²) in [5.74, 6) is -5.77. The molecule has 0 radical (unpaired) electrons. The minimum Gasteiger partial charge on any atom is -0.506 e. The Bertz CT molecular complexity index is 469. The maximum atomic E-state index is 13.1. The first kappa shape index (κ1) is 19.4. The van der Waals surface area contributed by atoms with Crippen molar-refractivity contribution in [2.45, 2.75) is 18.1 Å². The van der Waals surface area contributed by atoms with Crippen molar-refractivity contribution in [1.82, 2.24) is 0 Å². The summed E-state index contributed by atoms with van der Waals surface area (Å²) in [6.45, 7) is 0. The van der Waals surface area contributed by atoms with Crippen molar-refractivity contribution in [2.24, 2.45) is 5.73 Å². The van der Waals surface area contributed by atoms with E-state index in [9.17, 15) is 27.1 Å². The molecule has 0 spiro atoms. The SMILES string of the molecule is Cl.N[C@@H](c1cc(I)cc(I)c1O)C(F)(F)C(F)(F)F. The lowest BCUT2D eigenvalue weighted by atomic mass is 10.00. The van der Waals surface area contributed by atoms with E-state index in [-0.39, 0.29) is 16.0 Å². The quantitative estimate of drug-likeness (QED) is 0.446. The molecule has 0 unspecified atom stereocenters. The summed E-state index contributed by atoms with van der Waals surface area (Å²) >= 11 is 3.35. The van der Waals surface area contributed by atoms with Crippen molar-refractivity contribution in [3.63, 3.8) is 0 Å².